The zero-order valence-corrected chi connectivity index (χ0v) is 20.7. The van der Waals surface area contributed by atoms with Crippen molar-refractivity contribution in [3.05, 3.63) is 84.2 Å². The average molecular weight is 507 g/mol. The number of benzene rings is 2. The Hall–Kier alpha value is -4.46. The van der Waals surface area contributed by atoms with Gasteiger partial charge in [-0.1, -0.05) is 48.5 Å². The van der Waals surface area contributed by atoms with E-state index in [1.54, 1.807) is 12.4 Å². The van der Waals surface area contributed by atoms with Crippen molar-refractivity contribution in [3.63, 3.8) is 0 Å². The molecule has 2 aromatic carbocycles. The zero-order valence-electron chi connectivity index (χ0n) is 20.7. The summed E-state index contributed by atoms with van der Waals surface area (Å²) in [5, 5.41) is 1.97. The highest BCUT2D eigenvalue weighted by Crippen LogP contribution is 2.29. The summed E-state index contributed by atoms with van der Waals surface area (Å²) in [6.07, 6.45) is 4.49. The number of pyridine rings is 2. The molecule has 8 heteroatoms. The van der Waals surface area contributed by atoms with Crippen molar-refractivity contribution >= 4 is 45.4 Å². The quantitative estimate of drug-likeness (QED) is 0.357. The molecule has 0 aliphatic carbocycles. The fraction of sp³-hybridized carbons (Fsp3) is 0.267. The molecule has 4 heterocycles. The molecule has 0 N–H and O–H groups in total. The van der Waals surface area contributed by atoms with Gasteiger partial charge in [0.25, 0.3) is 0 Å². The molecule has 0 spiro atoms. The highest BCUT2D eigenvalue weighted by molar-refractivity contribution is 6.05. The van der Waals surface area contributed by atoms with Crippen LogP contribution >= 0.6 is 0 Å². The van der Waals surface area contributed by atoms with Gasteiger partial charge in [-0.25, -0.2) is 0 Å². The first-order valence-corrected chi connectivity index (χ1v) is 12.8. The number of carbonyl (C=O) groups is 4. The SMILES string of the molecule is O=C1CC(Cc2cccc3cccnc23)C(=O)N1CCN1C(=O)CC(Cc2cccc3cccnc23)C1=O. The zero-order chi connectivity index (χ0) is 26.2. The molecule has 2 aliphatic heterocycles. The molecule has 0 bridgehead atoms. The lowest BCUT2D eigenvalue weighted by atomic mass is 9.96. The Morgan fingerprint density at radius 2 is 1.03 bits per heavy atom. The number of nitrogens with zero attached hydrogens (tertiary/aromatic N) is 4. The number of fused-ring (bicyclic) bond motifs is 2. The Morgan fingerprint density at radius 1 is 0.605 bits per heavy atom. The molecule has 4 aromatic rings. The van der Waals surface area contributed by atoms with Gasteiger partial charge in [-0.2, -0.15) is 0 Å². The second-order valence-electron chi connectivity index (χ2n) is 9.96. The van der Waals surface area contributed by atoms with Crippen molar-refractivity contribution in [2.45, 2.75) is 25.7 Å². The van der Waals surface area contributed by atoms with Gasteiger partial charge in [-0.05, 0) is 36.1 Å². The van der Waals surface area contributed by atoms with Crippen LogP contribution in [0.5, 0.6) is 0 Å². The molecule has 2 unspecified atom stereocenters. The summed E-state index contributed by atoms with van der Waals surface area (Å²) in [7, 11) is 0. The van der Waals surface area contributed by atoms with Crippen molar-refractivity contribution in [2.75, 3.05) is 13.1 Å². The Bertz CT molecular complexity index is 1470. The van der Waals surface area contributed by atoms with Gasteiger partial charge in [0.15, 0.2) is 0 Å². The minimum atomic E-state index is -0.480. The fourth-order valence-electron chi connectivity index (χ4n) is 5.69. The lowest BCUT2D eigenvalue weighted by Crippen LogP contribution is -2.41. The van der Waals surface area contributed by atoms with E-state index in [1.165, 1.54) is 9.80 Å². The molecule has 4 amide bonds. The van der Waals surface area contributed by atoms with Crippen LogP contribution in [0.15, 0.2) is 73.1 Å². The third kappa shape index (κ3) is 4.32. The molecular formula is C30H26N4O4. The van der Waals surface area contributed by atoms with E-state index in [2.05, 4.69) is 9.97 Å². The first-order valence-electron chi connectivity index (χ1n) is 12.8. The van der Waals surface area contributed by atoms with Crippen LogP contribution in [0.4, 0.5) is 0 Å². The Morgan fingerprint density at radius 3 is 1.47 bits per heavy atom. The average Bonchev–Trinajstić information content (AvgIpc) is 3.35. The van der Waals surface area contributed by atoms with E-state index in [1.807, 2.05) is 60.7 Å². The molecular weight excluding hydrogens is 480 g/mol. The summed E-state index contributed by atoms with van der Waals surface area (Å²) in [5.41, 5.74) is 3.50. The molecule has 2 aliphatic rings. The van der Waals surface area contributed by atoms with Crippen LogP contribution in [-0.2, 0) is 32.0 Å². The van der Waals surface area contributed by atoms with Crippen molar-refractivity contribution in [2.24, 2.45) is 11.8 Å². The number of imide groups is 2. The minimum Gasteiger partial charge on any atom is -0.281 e. The van der Waals surface area contributed by atoms with E-state index in [4.69, 9.17) is 0 Å². The van der Waals surface area contributed by atoms with Gasteiger partial charge in [-0.15, -0.1) is 0 Å². The van der Waals surface area contributed by atoms with Crippen molar-refractivity contribution in [3.8, 4) is 0 Å². The van der Waals surface area contributed by atoms with Crippen LogP contribution in [0.1, 0.15) is 24.0 Å². The summed E-state index contributed by atoms with van der Waals surface area (Å²) in [5.74, 6) is -2.03. The predicted molar refractivity (Wildman–Crippen MR) is 141 cm³/mol. The van der Waals surface area contributed by atoms with Crippen LogP contribution in [-0.4, -0.2) is 56.5 Å². The summed E-state index contributed by atoms with van der Waals surface area (Å²) < 4.78 is 0. The number of amides is 4. The van der Waals surface area contributed by atoms with E-state index in [0.717, 1.165) is 32.9 Å². The number of carbonyl (C=O) groups excluding carboxylic acids is 4. The number of hydrogen-bond acceptors (Lipinski definition) is 6. The van der Waals surface area contributed by atoms with Gasteiger partial charge in [-0.3, -0.25) is 38.9 Å². The van der Waals surface area contributed by atoms with Crippen molar-refractivity contribution in [1.82, 2.24) is 19.8 Å². The third-order valence-corrected chi connectivity index (χ3v) is 7.59. The second-order valence-corrected chi connectivity index (χ2v) is 9.96. The topological polar surface area (TPSA) is 101 Å². The van der Waals surface area contributed by atoms with Crippen LogP contribution in [0, 0.1) is 11.8 Å². The summed E-state index contributed by atoms with van der Waals surface area (Å²) in [6, 6.07) is 19.3. The summed E-state index contributed by atoms with van der Waals surface area (Å²) in [4.78, 5) is 63.1. The second kappa shape index (κ2) is 9.78. The summed E-state index contributed by atoms with van der Waals surface area (Å²) >= 11 is 0. The van der Waals surface area contributed by atoms with Gasteiger partial charge in [0, 0.05) is 49.1 Å². The number of likely N-dealkylation sites (tertiary alicyclic amines) is 2. The lowest BCUT2D eigenvalue weighted by Gasteiger charge is -2.20. The highest BCUT2D eigenvalue weighted by Gasteiger charge is 2.42. The van der Waals surface area contributed by atoms with Gasteiger partial charge in [0.05, 0.1) is 22.9 Å². The molecule has 8 nitrogen and oxygen atoms in total. The van der Waals surface area contributed by atoms with Crippen molar-refractivity contribution in [1.29, 1.82) is 0 Å². The predicted octanol–water partition coefficient (Wildman–Crippen LogP) is 3.32. The molecule has 2 atom stereocenters. The van der Waals surface area contributed by atoms with E-state index in [9.17, 15) is 19.2 Å². The van der Waals surface area contributed by atoms with Crippen molar-refractivity contribution < 1.29 is 19.2 Å². The maximum atomic E-state index is 13.1. The van der Waals surface area contributed by atoms with E-state index >= 15 is 0 Å². The van der Waals surface area contributed by atoms with Crippen LogP contribution in [0.2, 0.25) is 0 Å². The van der Waals surface area contributed by atoms with E-state index in [0.29, 0.717) is 12.8 Å². The monoisotopic (exact) mass is 506 g/mol. The van der Waals surface area contributed by atoms with Crippen LogP contribution in [0.3, 0.4) is 0 Å². The molecule has 2 saturated heterocycles. The van der Waals surface area contributed by atoms with Gasteiger partial charge >= 0.3 is 0 Å². The summed E-state index contributed by atoms with van der Waals surface area (Å²) in [6.45, 7) is 0.0317. The standard InChI is InChI=1S/C30H26N4O4/c35-25-17-23(15-21-7-1-5-19-9-3-11-31-27(19)21)29(37)33(25)13-14-34-26(36)18-24(30(34)38)16-22-8-2-6-20-10-4-12-32-28(20)22/h1-12,23-24H,13-18H2. The van der Waals surface area contributed by atoms with E-state index < -0.39 is 11.8 Å². The first kappa shape index (κ1) is 23.9. The Kier molecular flexibility index (Phi) is 6.15. The van der Waals surface area contributed by atoms with E-state index in [-0.39, 0.29) is 49.6 Å². The molecule has 38 heavy (non-hydrogen) atoms. The molecule has 2 aromatic heterocycles. The minimum absolute atomic E-state index is 0.0159. The van der Waals surface area contributed by atoms with Crippen LogP contribution in [0.25, 0.3) is 21.8 Å². The largest absolute Gasteiger partial charge is 0.281 e. The molecule has 190 valence electrons. The number of para-hydroxylation sites is 2. The maximum Gasteiger partial charge on any atom is 0.233 e. The fourth-order valence-corrected chi connectivity index (χ4v) is 5.69. The highest BCUT2D eigenvalue weighted by atomic mass is 16.2. The number of rotatable bonds is 7. The normalized spacial score (nSPS) is 19.9. The first-order chi connectivity index (χ1) is 18.5. The van der Waals surface area contributed by atoms with Gasteiger partial charge in [0.2, 0.25) is 23.6 Å². The molecule has 2 fully saturated rings. The molecule has 0 radical (unpaired) electrons. The van der Waals surface area contributed by atoms with Crippen LogP contribution < -0.4 is 0 Å². The smallest absolute Gasteiger partial charge is 0.233 e. The van der Waals surface area contributed by atoms with Gasteiger partial charge < -0.3 is 0 Å². The number of aromatic nitrogens is 2. The van der Waals surface area contributed by atoms with Gasteiger partial charge in [0.1, 0.15) is 0 Å². The maximum absolute atomic E-state index is 13.1. The Labute approximate surface area is 219 Å². The molecule has 6 rings (SSSR count). The molecule has 0 saturated carbocycles. The lowest BCUT2D eigenvalue weighted by molar-refractivity contribution is -0.144. The Balaban J connectivity index is 1.11. The number of hydrogen-bond donors (Lipinski definition) is 0. The third-order valence-electron chi connectivity index (χ3n) is 7.59.